The smallest absolute Gasteiger partial charge is 0.317 e. The first-order valence-corrected chi connectivity index (χ1v) is 7.15. The van der Waals surface area contributed by atoms with E-state index < -0.39 is 5.97 Å². The quantitative estimate of drug-likeness (QED) is 0.652. The number of carbonyl (C=O) groups excluding carboxylic acids is 1. The Balaban J connectivity index is 2.62. The molecule has 1 rings (SSSR count). The van der Waals surface area contributed by atoms with Gasteiger partial charge in [-0.15, -0.1) is 0 Å². The molecule has 3 N–H and O–H groups in total. The number of hydrogen-bond donors (Lipinski definition) is 3. The van der Waals surface area contributed by atoms with Gasteiger partial charge in [-0.3, -0.25) is 14.9 Å². The summed E-state index contributed by atoms with van der Waals surface area (Å²) in [6.45, 7) is -0.322. The van der Waals surface area contributed by atoms with Crippen molar-refractivity contribution in [2.75, 3.05) is 18.4 Å². The van der Waals surface area contributed by atoms with Crippen molar-refractivity contribution >= 4 is 65.4 Å². The summed E-state index contributed by atoms with van der Waals surface area (Å²) in [5.74, 6) is -1.33. The lowest BCUT2D eigenvalue weighted by atomic mass is 10.3. The van der Waals surface area contributed by atoms with Gasteiger partial charge in [-0.2, -0.15) is 0 Å². The van der Waals surface area contributed by atoms with E-state index in [1.807, 2.05) is 0 Å². The maximum absolute atomic E-state index is 11.6. The number of carboxylic acid groups (broad SMARTS) is 1. The topological polar surface area (TPSA) is 78.4 Å². The van der Waals surface area contributed by atoms with Gasteiger partial charge in [-0.25, -0.2) is 0 Å². The summed E-state index contributed by atoms with van der Waals surface area (Å²) < 4.78 is 2.30. The zero-order valence-electron chi connectivity index (χ0n) is 8.97. The number of amides is 1. The minimum absolute atomic E-state index is 0.0682. The number of benzene rings is 1. The van der Waals surface area contributed by atoms with Crippen molar-refractivity contribution in [2.45, 2.75) is 0 Å². The lowest BCUT2D eigenvalue weighted by Gasteiger charge is -2.10. The number of carboxylic acids is 1. The summed E-state index contributed by atoms with van der Waals surface area (Å²) in [6, 6.07) is 3.59. The zero-order chi connectivity index (χ0) is 13.7. The maximum atomic E-state index is 11.6. The third-order valence-electron chi connectivity index (χ3n) is 1.83. The van der Waals surface area contributed by atoms with Crippen LogP contribution >= 0.6 is 47.8 Å². The molecular formula is C10H9Br3N2O3. The van der Waals surface area contributed by atoms with Crippen molar-refractivity contribution in [3.05, 3.63) is 25.6 Å². The molecule has 0 saturated heterocycles. The molecule has 8 heteroatoms. The van der Waals surface area contributed by atoms with Crippen LogP contribution in [-0.4, -0.2) is 30.1 Å². The molecule has 0 fully saturated rings. The van der Waals surface area contributed by atoms with Crippen LogP contribution in [0.2, 0.25) is 0 Å². The van der Waals surface area contributed by atoms with Gasteiger partial charge < -0.3 is 10.4 Å². The number of hydrogen-bond acceptors (Lipinski definition) is 3. The molecule has 0 spiro atoms. The van der Waals surface area contributed by atoms with E-state index in [1.165, 1.54) is 0 Å². The van der Waals surface area contributed by atoms with E-state index >= 15 is 0 Å². The molecule has 1 aromatic rings. The molecule has 0 heterocycles. The SMILES string of the molecule is O=C(O)CNCC(=O)Nc1c(Br)cc(Br)cc1Br. The van der Waals surface area contributed by atoms with Crippen LogP contribution < -0.4 is 10.6 Å². The van der Waals surface area contributed by atoms with Gasteiger partial charge in [0.05, 0.1) is 18.8 Å². The highest BCUT2D eigenvalue weighted by atomic mass is 79.9. The van der Waals surface area contributed by atoms with E-state index in [1.54, 1.807) is 12.1 Å². The Labute approximate surface area is 129 Å². The fourth-order valence-corrected chi connectivity index (χ4v) is 3.59. The van der Waals surface area contributed by atoms with Gasteiger partial charge in [0.15, 0.2) is 0 Å². The van der Waals surface area contributed by atoms with Crippen LogP contribution in [0.5, 0.6) is 0 Å². The number of rotatable bonds is 5. The van der Waals surface area contributed by atoms with E-state index in [-0.39, 0.29) is 19.0 Å². The van der Waals surface area contributed by atoms with Crippen LogP contribution in [0.25, 0.3) is 0 Å². The number of nitrogens with one attached hydrogen (secondary N) is 2. The third-order valence-corrected chi connectivity index (χ3v) is 3.54. The second-order valence-corrected chi connectivity index (χ2v) is 5.91. The molecular weight excluding hydrogens is 436 g/mol. The van der Waals surface area contributed by atoms with Gasteiger partial charge in [0.25, 0.3) is 0 Å². The second-order valence-electron chi connectivity index (χ2n) is 3.29. The Bertz CT molecular complexity index is 456. The summed E-state index contributed by atoms with van der Waals surface area (Å²) in [7, 11) is 0. The zero-order valence-corrected chi connectivity index (χ0v) is 13.7. The van der Waals surface area contributed by atoms with Crippen LogP contribution in [0, 0.1) is 0 Å². The van der Waals surface area contributed by atoms with Gasteiger partial charge in [0, 0.05) is 13.4 Å². The number of halogens is 3. The summed E-state index contributed by atoms with van der Waals surface area (Å²) in [4.78, 5) is 21.8. The predicted octanol–water partition coefficient (Wildman–Crippen LogP) is 2.59. The first-order valence-electron chi connectivity index (χ1n) is 4.77. The molecule has 1 amide bonds. The van der Waals surface area contributed by atoms with E-state index in [4.69, 9.17) is 5.11 Å². The monoisotopic (exact) mass is 442 g/mol. The first kappa shape index (κ1) is 15.6. The highest BCUT2D eigenvalue weighted by molar-refractivity contribution is 9.11. The summed E-state index contributed by atoms with van der Waals surface area (Å²) in [6.07, 6.45) is 0. The molecule has 98 valence electrons. The van der Waals surface area contributed by atoms with Crippen molar-refractivity contribution in [3.63, 3.8) is 0 Å². The maximum Gasteiger partial charge on any atom is 0.317 e. The van der Waals surface area contributed by atoms with Crippen molar-refractivity contribution in [3.8, 4) is 0 Å². The van der Waals surface area contributed by atoms with E-state index in [9.17, 15) is 9.59 Å². The van der Waals surface area contributed by atoms with Crippen LogP contribution in [0.15, 0.2) is 25.6 Å². The van der Waals surface area contributed by atoms with E-state index in [0.29, 0.717) is 5.69 Å². The summed E-state index contributed by atoms with van der Waals surface area (Å²) in [5.41, 5.74) is 0.598. The molecule has 0 saturated carbocycles. The largest absolute Gasteiger partial charge is 0.480 e. The first-order chi connectivity index (χ1) is 8.40. The fourth-order valence-electron chi connectivity index (χ4n) is 1.13. The lowest BCUT2D eigenvalue weighted by molar-refractivity contribution is -0.135. The molecule has 0 atom stereocenters. The van der Waals surface area contributed by atoms with Crippen LogP contribution in [-0.2, 0) is 9.59 Å². The Morgan fingerprint density at radius 3 is 2.17 bits per heavy atom. The molecule has 0 bridgehead atoms. The van der Waals surface area contributed by atoms with Gasteiger partial charge in [0.1, 0.15) is 0 Å². The fraction of sp³-hybridized carbons (Fsp3) is 0.200. The molecule has 0 aromatic heterocycles. The average Bonchev–Trinajstić information content (AvgIpc) is 2.22. The predicted molar refractivity (Wildman–Crippen MR) is 78.7 cm³/mol. The van der Waals surface area contributed by atoms with Gasteiger partial charge >= 0.3 is 5.97 Å². The van der Waals surface area contributed by atoms with Gasteiger partial charge in [-0.1, -0.05) is 15.9 Å². The molecule has 1 aromatic carbocycles. The number of carbonyl (C=O) groups is 2. The van der Waals surface area contributed by atoms with Crippen LogP contribution in [0.4, 0.5) is 5.69 Å². The lowest BCUT2D eigenvalue weighted by Crippen LogP contribution is -2.32. The summed E-state index contributed by atoms with van der Waals surface area (Å²) in [5, 5.41) is 13.6. The minimum Gasteiger partial charge on any atom is -0.480 e. The summed E-state index contributed by atoms with van der Waals surface area (Å²) >= 11 is 9.98. The minimum atomic E-state index is -1.01. The van der Waals surface area contributed by atoms with E-state index in [2.05, 4.69) is 58.4 Å². The van der Waals surface area contributed by atoms with Gasteiger partial charge in [-0.05, 0) is 44.0 Å². The normalized spacial score (nSPS) is 10.2. The number of anilines is 1. The third kappa shape index (κ3) is 5.05. The highest BCUT2D eigenvalue weighted by Crippen LogP contribution is 2.34. The molecule has 0 aliphatic rings. The Kier molecular flexibility index (Phi) is 6.27. The number of aliphatic carboxylic acids is 1. The molecule has 0 aliphatic carbocycles. The molecule has 0 radical (unpaired) electrons. The Morgan fingerprint density at radius 2 is 1.67 bits per heavy atom. The molecule has 18 heavy (non-hydrogen) atoms. The van der Waals surface area contributed by atoms with Gasteiger partial charge in [0.2, 0.25) is 5.91 Å². The highest BCUT2D eigenvalue weighted by Gasteiger charge is 2.10. The van der Waals surface area contributed by atoms with Crippen molar-refractivity contribution in [1.29, 1.82) is 0 Å². The van der Waals surface area contributed by atoms with E-state index in [0.717, 1.165) is 13.4 Å². The molecule has 5 nitrogen and oxygen atoms in total. The Hall–Kier alpha value is -0.440. The standard InChI is InChI=1S/C10H9Br3N2O3/c11-5-1-6(12)10(7(13)2-5)15-8(16)3-14-4-9(17)18/h1-2,14H,3-4H2,(H,15,16)(H,17,18). The average molecular weight is 445 g/mol. The van der Waals surface area contributed by atoms with Crippen LogP contribution in [0.3, 0.4) is 0 Å². The van der Waals surface area contributed by atoms with Crippen LogP contribution in [0.1, 0.15) is 0 Å². The van der Waals surface area contributed by atoms with Crippen molar-refractivity contribution in [2.24, 2.45) is 0 Å². The molecule has 0 aliphatic heterocycles. The van der Waals surface area contributed by atoms with Crippen molar-refractivity contribution < 1.29 is 14.7 Å². The second kappa shape index (κ2) is 7.22. The Morgan fingerprint density at radius 1 is 1.11 bits per heavy atom. The molecule has 0 unspecified atom stereocenters. The van der Waals surface area contributed by atoms with Crippen molar-refractivity contribution in [1.82, 2.24) is 5.32 Å².